The number of aryl methyl sites for hydroxylation is 2. The maximum Gasteiger partial charge on any atom is 0.409 e. The van der Waals surface area contributed by atoms with Crippen molar-refractivity contribution in [1.29, 1.82) is 0 Å². The third-order valence-electron chi connectivity index (χ3n) is 5.24. The third kappa shape index (κ3) is 5.32. The maximum atomic E-state index is 13.3. The minimum atomic E-state index is -0.826. The molecular weight excluding hydrogens is 358 g/mol. The summed E-state index contributed by atoms with van der Waals surface area (Å²) >= 11 is 0. The molecule has 0 atom stereocenters. The van der Waals surface area contributed by atoms with Gasteiger partial charge in [0.1, 0.15) is 11.3 Å². The molecule has 0 bridgehead atoms. The van der Waals surface area contributed by atoms with Crippen molar-refractivity contribution in [3.8, 4) is 0 Å². The number of nitrogens with zero attached hydrogens (tertiary/aromatic N) is 1. The van der Waals surface area contributed by atoms with Gasteiger partial charge in [0, 0.05) is 31.7 Å². The van der Waals surface area contributed by atoms with Crippen LogP contribution in [0.5, 0.6) is 0 Å². The number of hydrogen-bond donors (Lipinski definition) is 2. The number of rotatable bonds is 7. The van der Waals surface area contributed by atoms with Crippen molar-refractivity contribution in [1.82, 2.24) is 10.2 Å². The van der Waals surface area contributed by atoms with Gasteiger partial charge in [-0.25, -0.2) is 4.79 Å². The van der Waals surface area contributed by atoms with Crippen LogP contribution in [0.15, 0.2) is 18.2 Å². The van der Waals surface area contributed by atoms with E-state index in [-0.39, 0.29) is 17.8 Å². The van der Waals surface area contributed by atoms with Crippen molar-refractivity contribution in [2.24, 2.45) is 0 Å². The fraction of sp³-hybridized carbons (Fsp3) is 0.571. The molecule has 1 aliphatic rings. The highest BCUT2D eigenvalue weighted by Gasteiger charge is 2.42. The number of hydrogen-bond acceptors (Lipinski definition) is 5. The number of ketones is 1. The number of benzene rings is 1. The summed E-state index contributed by atoms with van der Waals surface area (Å²) in [6.07, 6.45) is 0.927. The number of carbonyl (C=O) groups is 3. The van der Waals surface area contributed by atoms with Crippen molar-refractivity contribution in [2.45, 2.75) is 52.5 Å². The fourth-order valence-electron chi connectivity index (χ4n) is 3.49. The molecule has 28 heavy (non-hydrogen) atoms. The van der Waals surface area contributed by atoms with Crippen LogP contribution in [0.3, 0.4) is 0 Å². The van der Waals surface area contributed by atoms with E-state index in [1.165, 1.54) is 6.92 Å². The van der Waals surface area contributed by atoms with Gasteiger partial charge in [-0.1, -0.05) is 18.2 Å². The summed E-state index contributed by atoms with van der Waals surface area (Å²) in [5.41, 5.74) is 1.98. The van der Waals surface area contributed by atoms with Crippen LogP contribution >= 0.6 is 0 Å². The van der Waals surface area contributed by atoms with Crippen LogP contribution in [0.25, 0.3) is 0 Å². The van der Waals surface area contributed by atoms with Crippen LogP contribution < -0.4 is 10.6 Å². The molecule has 1 heterocycles. The molecule has 1 aromatic rings. The molecule has 7 heteroatoms. The first-order chi connectivity index (χ1) is 13.3. The standard InChI is InChI=1S/C21H31N3O4/c1-5-28-20(27)24-13-10-21(11-14-24,22-12-9-17(4)25)19(26)23-18-15(2)7-6-8-16(18)3/h6-8,22H,5,9-14H2,1-4H3,(H,23,26). The molecule has 2 amide bonds. The van der Waals surface area contributed by atoms with Gasteiger partial charge in [-0.2, -0.15) is 0 Å². The number of para-hydroxylation sites is 1. The van der Waals surface area contributed by atoms with Crippen molar-refractivity contribution in [2.75, 3.05) is 31.6 Å². The van der Waals surface area contributed by atoms with Crippen LogP contribution in [0.4, 0.5) is 10.5 Å². The second-order valence-corrected chi connectivity index (χ2v) is 7.37. The van der Waals surface area contributed by atoms with Crippen molar-refractivity contribution < 1.29 is 19.1 Å². The van der Waals surface area contributed by atoms with Gasteiger partial charge >= 0.3 is 6.09 Å². The number of anilines is 1. The molecule has 0 aromatic heterocycles. The minimum absolute atomic E-state index is 0.0711. The average Bonchev–Trinajstić information content (AvgIpc) is 2.65. The first-order valence-electron chi connectivity index (χ1n) is 9.83. The Morgan fingerprint density at radius 2 is 1.75 bits per heavy atom. The summed E-state index contributed by atoms with van der Waals surface area (Å²) in [5, 5.41) is 6.38. The monoisotopic (exact) mass is 389 g/mol. The number of likely N-dealkylation sites (tertiary alicyclic amines) is 1. The predicted molar refractivity (Wildman–Crippen MR) is 108 cm³/mol. The van der Waals surface area contributed by atoms with E-state index in [9.17, 15) is 14.4 Å². The summed E-state index contributed by atoms with van der Waals surface area (Å²) in [4.78, 5) is 38.2. The highest BCUT2D eigenvalue weighted by molar-refractivity contribution is 5.99. The molecule has 1 saturated heterocycles. The summed E-state index contributed by atoms with van der Waals surface area (Å²) in [6.45, 7) is 8.82. The Hall–Kier alpha value is -2.41. The second-order valence-electron chi connectivity index (χ2n) is 7.37. The molecule has 2 N–H and O–H groups in total. The zero-order chi connectivity index (χ0) is 20.7. The van der Waals surface area contributed by atoms with E-state index in [0.29, 0.717) is 45.5 Å². The lowest BCUT2D eigenvalue weighted by Gasteiger charge is -2.41. The normalized spacial score (nSPS) is 15.8. The van der Waals surface area contributed by atoms with Crippen LogP contribution in [0.1, 0.15) is 44.2 Å². The van der Waals surface area contributed by atoms with E-state index in [2.05, 4.69) is 10.6 Å². The molecule has 1 fully saturated rings. The lowest BCUT2D eigenvalue weighted by molar-refractivity contribution is -0.125. The van der Waals surface area contributed by atoms with Crippen LogP contribution in [-0.4, -0.2) is 54.5 Å². The zero-order valence-corrected chi connectivity index (χ0v) is 17.3. The van der Waals surface area contributed by atoms with E-state index in [1.54, 1.807) is 11.8 Å². The number of carbonyl (C=O) groups excluding carboxylic acids is 3. The fourth-order valence-corrected chi connectivity index (χ4v) is 3.49. The van der Waals surface area contributed by atoms with Gasteiger partial charge in [-0.05, 0) is 51.7 Å². The molecule has 1 aliphatic heterocycles. The van der Waals surface area contributed by atoms with E-state index in [4.69, 9.17) is 4.74 Å². The highest BCUT2D eigenvalue weighted by atomic mass is 16.6. The Morgan fingerprint density at radius 1 is 1.14 bits per heavy atom. The van der Waals surface area contributed by atoms with Crippen LogP contribution in [-0.2, 0) is 14.3 Å². The third-order valence-corrected chi connectivity index (χ3v) is 5.24. The molecule has 2 rings (SSSR count). The van der Waals surface area contributed by atoms with Crippen molar-refractivity contribution in [3.63, 3.8) is 0 Å². The van der Waals surface area contributed by atoms with Gasteiger partial charge in [0.05, 0.1) is 6.61 Å². The van der Waals surface area contributed by atoms with Gasteiger partial charge in [0.2, 0.25) is 5.91 Å². The molecule has 0 saturated carbocycles. The number of amides is 2. The zero-order valence-electron chi connectivity index (χ0n) is 17.3. The number of Topliss-reactive ketones (excluding diaryl/α,β-unsaturated/α-hetero) is 1. The topological polar surface area (TPSA) is 87.7 Å². The average molecular weight is 389 g/mol. The smallest absolute Gasteiger partial charge is 0.409 e. The molecule has 0 unspecified atom stereocenters. The summed E-state index contributed by atoms with van der Waals surface area (Å²) in [7, 11) is 0. The largest absolute Gasteiger partial charge is 0.450 e. The number of nitrogens with one attached hydrogen (secondary N) is 2. The molecule has 154 valence electrons. The SMILES string of the molecule is CCOC(=O)N1CCC(NCCC(C)=O)(C(=O)Nc2c(C)cccc2C)CC1. The number of piperidine rings is 1. The van der Waals surface area contributed by atoms with E-state index in [0.717, 1.165) is 16.8 Å². The first-order valence-corrected chi connectivity index (χ1v) is 9.83. The summed E-state index contributed by atoms with van der Waals surface area (Å²) < 4.78 is 5.07. The Balaban J connectivity index is 2.16. The maximum absolute atomic E-state index is 13.3. The second kappa shape index (κ2) is 9.68. The lowest BCUT2D eigenvalue weighted by Crippen LogP contribution is -2.61. The summed E-state index contributed by atoms with van der Waals surface area (Å²) in [5.74, 6) is -0.0567. The summed E-state index contributed by atoms with van der Waals surface area (Å²) in [6, 6.07) is 5.88. The van der Waals surface area contributed by atoms with Gasteiger partial charge in [0.15, 0.2) is 0 Å². The quantitative estimate of drug-likeness (QED) is 0.749. The first kappa shape index (κ1) is 21.9. The van der Waals surface area contributed by atoms with Gasteiger partial charge < -0.3 is 20.3 Å². The lowest BCUT2D eigenvalue weighted by atomic mass is 9.86. The Kier molecular flexibility index (Phi) is 7.57. The minimum Gasteiger partial charge on any atom is -0.450 e. The van der Waals surface area contributed by atoms with Crippen LogP contribution in [0.2, 0.25) is 0 Å². The van der Waals surface area contributed by atoms with Crippen molar-refractivity contribution in [3.05, 3.63) is 29.3 Å². The molecule has 0 aliphatic carbocycles. The van der Waals surface area contributed by atoms with E-state index in [1.807, 2.05) is 32.0 Å². The van der Waals surface area contributed by atoms with E-state index < -0.39 is 5.54 Å². The Bertz CT molecular complexity index is 704. The molecule has 0 radical (unpaired) electrons. The predicted octanol–water partition coefficient (Wildman–Crippen LogP) is 2.80. The molecule has 1 aromatic carbocycles. The van der Waals surface area contributed by atoms with Crippen molar-refractivity contribution >= 4 is 23.5 Å². The van der Waals surface area contributed by atoms with Gasteiger partial charge in [-0.3, -0.25) is 9.59 Å². The molecular formula is C21H31N3O4. The van der Waals surface area contributed by atoms with E-state index >= 15 is 0 Å². The number of ether oxygens (including phenoxy) is 1. The Labute approximate surface area is 166 Å². The molecule has 7 nitrogen and oxygen atoms in total. The van der Waals surface area contributed by atoms with Crippen LogP contribution in [0, 0.1) is 13.8 Å². The molecule has 0 spiro atoms. The van der Waals surface area contributed by atoms with Gasteiger partial charge in [0.25, 0.3) is 0 Å². The highest BCUT2D eigenvalue weighted by Crippen LogP contribution is 2.27. The van der Waals surface area contributed by atoms with Gasteiger partial charge in [-0.15, -0.1) is 0 Å². The Morgan fingerprint density at radius 3 is 2.29 bits per heavy atom.